The highest BCUT2D eigenvalue weighted by Gasteiger charge is 2.11. The summed E-state index contributed by atoms with van der Waals surface area (Å²) in [7, 11) is 1.61. The minimum Gasteiger partial charge on any atom is -0.497 e. The summed E-state index contributed by atoms with van der Waals surface area (Å²) in [5.41, 5.74) is 3.26. The first-order chi connectivity index (χ1) is 15.1. The van der Waals surface area contributed by atoms with E-state index in [0.717, 1.165) is 11.3 Å². The molecule has 0 aliphatic rings. The number of ether oxygens (including phenoxy) is 2. The van der Waals surface area contributed by atoms with Crippen molar-refractivity contribution < 1.29 is 14.3 Å². The fourth-order valence-corrected chi connectivity index (χ4v) is 3.07. The van der Waals surface area contributed by atoms with Crippen molar-refractivity contribution in [2.75, 3.05) is 12.4 Å². The summed E-state index contributed by atoms with van der Waals surface area (Å²) in [6, 6.07) is 17.1. The molecule has 2 aromatic carbocycles. The van der Waals surface area contributed by atoms with E-state index >= 15 is 0 Å². The molecule has 0 bridgehead atoms. The van der Waals surface area contributed by atoms with E-state index in [4.69, 9.17) is 9.47 Å². The number of benzene rings is 2. The summed E-state index contributed by atoms with van der Waals surface area (Å²) in [4.78, 5) is 12.5. The van der Waals surface area contributed by atoms with Gasteiger partial charge in [-0.05, 0) is 42.8 Å². The molecular formula is C23H23N5O3. The summed E-state index contributed by atoms with van der Waals surface area (Å²) in [5, 5.41) is 11.4. The second-order valence-electron chi connectivity index (χ2n) is 7.06. The molecule has 0 saturated heterocycles. The van der Waals surface area contributed by atoms with Crippen LogP contribution in [0.1, 0.15) is 21.6 Å². The average molecular weight is 417 g/mol. The van der Waals surface area contributed by atoms with Gasteiger partial charge < -0.3 is 14.8 Å². The van der Waals surface area contributed by atoms with Gasteiger partial charge in [-0.25, -0.2) is 4.68 Å². The zero-order valence-corrected chi connectivity index (χ0v) is 17.4. The number of amides is 1. The molecule has 8 nitrogen and oxygen atoms in total. The Morgan fingerprint density at radius 1 is 1.06 bits per heavy atom. The molecule has 2 heterocycles. The van der Waals surface area contributed by atoms with E-state index in [-0.39, 0.29) is 12.6 Å². The Kier molecular flexibility index (Phi) is 5.98. The number of rotatable bonds is 8. The van der Waals surface area contributed by atoms with Gasteiger partial charge in [0.1, 0.15) is 11.5 Å². The molecule has 0 radical (unpaired) electrons. The maximum atomic E-state index is 12.5. The van der Waals surface area contributed by atoms with Crippen molar-refractivity contribution in [2.24, 2.45) is 0 Å². The third kappa shape index (κ3) is 5.30. The molecule has 0 aliphatic heterocycles. The van der Waals surface area contributed by atoms with Gasteiger partial charge in [0.05, 0.1) is 25.5 Å². The normalized spacial score (nSPS) is 10.6. The number of aryl methyl sites for hydroxylation is 1. The highest BCUT2D eigenvalue weighted by atomic mass is 16.5. The molecule has 0 unspecified atom stereocenters. The van der Waals surface area contributed by atoms with Crippen molar-refractivity contribution in [1.29, 1.82) is 0 Å². The van der Waals surface area contributed by atoms with Gasteiger partial charge in [0.15, 0.2) is 12.4 Å². The van der Waals surface area contributed by atoms with Crippen LogP contribution in [-0.2, 0) is 13.3 Å². The summed E-state index contributed by atoms with van der Waals surface area (Å²) >= 11 is 0. The van der Waals surface area contributed by atoms with Gasteiger partial charge in [-0.3, -0.25) is 9.48 Å². The molecule has 8 heteroatoms. The van der Waals surface area contributed by atoms with Crippen LogP contribution in [0.15, 0.2) is 73.2 Å². The highest BCUT2D eigenvalue weighted by molar-refractivity contribution is 6.02. The first-order valence-corrected chi connectivity index (χ1v) is 9.79. The summed E-state index contributed by atoms with van der Waals surface area (Å²) in [5.74, 6) is 1.13. The van der Waals surface area contributed by atoms with Gasteiger partial charge in [-0.2, -0.15) is 10.2 Å². The van der Waals surface area contributed by atoms with Crippen LogP contribution in [0, 0.1) is 6.92 Å². The highest BCUT2D eigenvalue weighted by Crippen LogP contribution is 2.17. The molecule has 2 aromatic heterocycles. The second kappa shape index (κ2) is 9.17. The van der Waals surface area contributed by atoms with Crippen molar-refractivity contribution in [1.82, 2.24) is 19.6 Å². The van der Waals surface area contributed by atoms with Gasteiger partial charge in [0.25, 0.3) is 5.91 Å². The standard InChI is InChI=1S/C23H23N5O3/c1-17-4-3-5-18(12-17)14-28-15-19(13-24-28)25-23(29)22-10-11-27(26-22)16-31-21-8-6-20(30-2)7-9-21/h3-13,15H,14,16H2,1-2H3,(H,25,29). The van der Waals surface area contributed by atoms with Gasteiger partial charge in [0.2, 0.25) is 0 Å². The predicted molar refractivity (Wildman–Crippen MR) is 116 cm³/mol. The lowest BCUT2D eigenvalue weighted by Gasteiger charge is -2.07. The molecule has 0 atom stereocenters. The van der Waals surface area contributed by atoms with Gasteiger partial charge in [-0.15, -0.1) is 0 Å². The predicted octanol–water partition coefficient (Wildman–Crippen LogP) is 3.73. The zero-order valence-electron chi connectivity index (χ0n) is 17.4. The summed E-state index contributed by atoms with van der Waals surface area (Å²) in [6.07, 6.45) is 5.11. The Balaban J connectivity index is 1.32. The number of hydrogen-bond donors (Lipinski definition) is 1. The van der Waals surface area contributed by atoms with Crippen LogP contribution in [0.25, 0.3) is 0 Å². The van der Waals surface area contributed by atoms with Crippen molar-refractivity contribution >= 4 is 11.6 Å². The van der Waals surface area contributed by atoms with E-state index in [0.29, 0.717) is 23.7 Å². The molecule has 4 rings (SSSR count). The van der Waals surface area contributed by atoms with Crippen molar-refractivity contribution in [2.45, 2.75) is 20.2 Å². The number of nitrogens with one attached hydrogen (secondary N) is 1. The third-order valence-corrected chi connectivity index (χ3v) is 4.61. The molecule has 4 aromatic rings. The van der Waals surface area contributed by atoms with Gasteiger partial charge in [-0.1, -0.05) is 29.8 Å². The Hall–Kier alpha value is -4.07. The fraction of sp³-hybridized carbons (Fsp3) is 0.174. The van der Waals surface area contributed by atoms with E-state index in [1.54, 1.807) is 41.1 Å². The number of hydrogen-bond acceptors (Lipinski definition) is 5. The average Bonchev–Trinajstić information content (AvgIpc) is 3.42. The van der Waals surface area contributed by atoms with Crippen LogP contribution in [0.4, 0.5) is 5.69 Å². The van der Waals surface area contributed by atoms with Crippen LogP contribution >= 0.6 is 0 Å². The van der Waals surface area contributed by atoms with Crippen LogP contribution in [0.2, 0.25) is 0 Å². The number of carbonyl (C=O) groups is 1. The second-order valence-corrected chi connectivity index (χ2v) is 7.06. The first-order valence-electron chi connectivity index (χ1n) is 9.79. The van der Waals surface area contributed by atoms with Crippen LogP contribution in [0.3, 0.4) is 0 Å². The fourth-order valence-electron chi connectivity index (χ4n) is 3.07. The lowest BCUT2D eigenvalue weighted by Crippen LogP contribution is -2.14. The summed E-state index contributed by atoms with van der Waals surface area (Å²) in [6.45, 7) is 2.88. The largest absolute Gasteiger partial charge is 0.497 e. The van der Waals surface area contributed by atoms with Crippen LogP contribution in [-0.4, -0.2) is 32.6 Å². The lowest BCUT2D eigenvalue weighted by molar-refractivity contribution is 0.102. The van der Waals surface area contributed by atoms with E-state index in [2.05, 4.69) is 34.6 Å². The van der Waals surface area contributed by atoms with E-state index in [1.807, 2.05) is 36.4 Å². The molecule has 1 N–H and O–H groups in total. The number of carbonyl (C=O) groups excluding carboxylic acids is 1. The number of aromatic nitrogens is 4. The topological polar surface area (TPSA) is 83.2 Å². The quantitative estimate of drug-likeness (QED) is 0.472. The Bertz CT molecular complexity index is 1160. The SMILES string of the molecule is COc1ccc(OCn2ccc(C(=O)Nc3cnn(Cc4cccc(C)c4)c3)n2)cc1. The summed E-state index contributed by atoms with van der Waals surface area (Å²) < 4.78 is 14.1. The Morgan fingerprint density at radius 3 is 2.65 bits per heavy atom. The molecule has 0 spiro atoms. The number of anilines is 1. The minimum atomic E-state index is -0.307. The molecular weight excluding hydrogens is 394 g/mol. The zero-order chi connectivity index (χ0) is 21.6. The third-order valence-electron chi connectivity index (χ3n) is 4.61. The van der Waals surface area contributed by atoms with Crippen molar-refractivity contribution in [3.05, 3.63) is 90.0 Å². The van der Waals surface area contributed by atoms with Gasteiger partial charge >= 0.3 is 0 Å². The monoisotopic (exact) mass is 417 g/mol. The smallest absolute Gasteiger partial charge is 0.276 e. The molecule has 158 valence electrons. The van der Waals surface area contributed by atoms with E-state index in [9.17, 15) is 4.79 Å². The molecule has 0 aliphatic carbocycles. The maximum absolute atomic E-state index is 12.5. The Labute approximate surface area is 180 Å². The molecule has 1 amide bonds. The van der Waals surface area contributed by atoms with E-state index in [1.165, 1.54) is 5.56 Å². The molecule has 0 saturated carbocycles. The lowest BCUT2D eigenvalue weighted by atomic mass is 10.1. The van der Waals surface area contributed by atoms with Gasteiger partial charge in [0, 0.05) is 12.4 Å². The molecule has 31 heavy (non-hydrogen) atoms. The van der Waals surface area contributed by atoms with Crippen LogP contribution < -0.4 is 14.8 Å². The Morgan fingerprint density at radius 2 is 1.87 bits per heavy atom. The maximum Gasteiger partial charge on any atom is 0.276 e. The number of methoxy groups -OCH3 is 1. The van der Waals surface area contributed by atoms with E-state index < -0.39 is 0 Å². The number of nitrogens with zero attached hydrogens (tertiary/aromatic N) is 4. The minimum absolute atomic E-state index is 0.189. The molecule has 0 fully saturated rings. The van der Waals surface area contributed by atoms with Crippen molar-refractivity contribution in [3.63, 3.8) is 0 Å². The van der Waals surface area contributed by atoms with Crippen molar-refractivity contribution in [3.8, 4) is 11.5 Å². The first kappa shape index (κ1) is 20.2. The van der Waals surface area contributed by atoms with Crippen LogP contribution in [0.5, 0.6) is 11.5 Å².